The molecule has 0 unspecified atom stereocenters. The van der Waals surface area contributed by atoms with E-state index in [0.717, 1.165) is 27.0 Å². The zero-order chi connectivity index (χ0) is 13.7. The molecule has 2 nitrogen and oxygen atoms in total. The molecule has 0 fully saturated rings. The topological polar surface area (TPSA) is 25.2 Å². The van der Waals surface area contributed by atoms with Crippen LogP contribution >= 0.6 is 31.9 Å². The lowest BCUT2D eigenvalue weighted by Gasteiger charge is -2.06. The van der Waals surface area contributed by atoms with Gasteiger partial charge in [-0.25, -0.2) is 0 Å². The molecule has 1 N–H and O–H groups in total. The second-order valence-electron chi connectivity index (χ2n) is 4.49. The van der Waals surface area contributed by atoms with Crippen molar-refractivity contribution in [2.75, 3.05) is 5.32 Å². The summed E-state index contributed by atoms with van der Waals surface area (Å²) in [6.07, 6.45) is 3.65. The maximum Gasteiger partial charge on any atom is 0.183 e. The number of halogens is 2. The first kappa shape index (κ1) is 14.7. The van der Waals surface area contributed by atoms with Gasteiger partial charge in [-0.15, -0.1) is 0 Å². The number of furan rings is 1. The van der Waals surface area contributed by atoms with E-state index < -0.39 is 0 Å². The van der Waals surface area contributed by atoms with Crippen molar-refractivity contribution in [2.24, 2.45) is 0 Å². The Morgan fingerprint density at radius 2 is 1.89 bits per heavy atom. The molecule has 1 aromatic heterocycles. The average molecular weight is 387 g/mol. The predicted octanol–water partition coefficient (Wildman–Crippen LogP) is 5.76. The summed E-state index contributed by atoms with van der Waals surface area (Å²) in [4.78, 5) is 0. The zero-order valence-electron chi connectivity index (χ0n) is 10.9. The van der Waals surface area contributed by atoms with Crippen molar-refractivity contribution < 1.29 is 4.42 Å². The molecule has 0 saturated carbocycles. The molecule has 0 saturated heterocycles. The first-order chi connectivity index (χ1) is 9.19. The third-order valence-corrected chi connectivity index (χ3v) is 4.65. The van der Waals surface area contributed by atoms with E-state index in [0.29, 0.717) is 6.54 Å². The van der Waals surface area contributed by atoms with Crippen LogP contribution < -0.4 is 5.32 Å². The summed E-state index contributed by atoms with van der Waals surface area (Å²) in [6, 6.07) is 10.6. The van der Waals surface area contributed by atoms with Crippen LogP contribution in [0.1, 0.15) is 31.1 Å². The lowest BCUT2D eigenvalue weighted by atomic mass is 10.1. The van der Waals surface area contributed by atoms with Gasteiger partial charge in [0.1, 0.15) is 5.76 Å². The third kappa shape index (κ3) is 4.39. The second kappa shape index (κ2) is 7.15. The van der Waals surface area contributed by atoms with Crippen LogP contribution in [0.3, 0.4) is 0 Å². The van der Waals surface area contributed by atoms with Crippen LogP contribution in [-0.4, -0.2) is 0 Å². The number of aryl methyl sites for hydroxylation is 1. The first-order valence-electron chi connectivity index (χ1n) is 6.45. The summed E-state index contributed by atoms with van der Waals surface area (Å²) in [5.74, 6) is 0.897. The Balaban J connectivity index is 1.89. The Morgan fingerprint density at radius 1 is 1.16 bits per heavy atom. The van der Waals surface area contributed by atoms with Crippen LogP contribution in [0.2, 0.25) is 0 Å². The molecule has 2 aromatic rings. The molecule has 0 bridgehead atoms. The van der Waals surface area contributed by atoms with Crippen LogP contribution in [-0.2, 0) is 13.0 Å². The number of nitrogens with one attached hydrogen (secondary N) is 1. The standard InChI is InChI=1S/C15H17Br2NO/c1-2-3-4-11-5-7-12(8-6-11)18-10-13-9-14(16)15(17)19-13/h5-9,18H,2-4,10H2,1H3. The summed E-state index contributed by atoms with van der Waals surface area (Å²) < 4.78 is 7.20. The summed E-state index contributed by atoms with van der Waals surface area (Å²) >= 11 is 6.74. The van der Waals surface area contributed by atoms with Crippen molar-refractivity contribution in [3.63, 3.8) is 0 Å². The van der Waals surface area contributed by atoms with Crippen molar-refractivity contribution in [1.29, 1.82) is 0 Å². The summed E-state index contributed by atoms with van der Waals surface area (Å²) in [7, 11) is 0. The predicted molar refractivity (Wildman–Crippen MR) is 86.5 cm³/mol. The van der Waals surface area contributed by atoms with Gasteiger partial charge in [0.2, 0.25) is 0 Å². The molecule has 1 aromatic carbocycles. The first-order valence-corrected chi connectivity index (χ1v) is 8.04. The highest BCUT2D eigenvalue weighted by Crippen LogP contribution is 2.27. The maximum absolute atomic E-state index is 5.52. The maximum atomic E-state index is 5.52. The molecule has 102 valence electrons. The molecule has 0 atom stereocenters. The molecule has 4 heteroatoms. The number of benzene rings is 1. The monoisotopic (exact) mass is 385 g/mol. The Hall–Kier alpha value is -0.740. The van der Waals surface area contributed by atoms with Crippen molar-refractivity contribution in [2.45, 2.75) is 32.7 Å². The van der Waals surface area contributed by atoms with Gasteiger partial charge in [0.25, 0.3) is 0 Å². The van der Waals surface area contributed by atoms with Crippen molar-refractivity contribution >= 4 is 37.5 Å². The van der Waals surface area contributed by atoms with E-state index in [1.807, 2.05) is 6.07 Å². The van der Waals surface area contributed by atoms with E-state index in [1.165, 1.54) is 18.4 Å². The van der Waals surface area contributed by atoms with Gasteiger partial charge in [-0.3, -0.25) is 0 Å². The molecule has 19 heavy (non-hydrogen) atoms. The molecule has 0 aliphatic rings. The Morgan fingerprint density at radius 3 is 2.47 bits per heavy atom. The lowest BCUT2D eigenvalue weighted by Crippen LogP contribution is -1.98. The van der Waals surface area contributed by atoms with Gasteiger partial charge >= 0.3 is 0 Å². The minimum Gasteiger partial charge on any atom is -0.451 e. The van der Waals surface area contributed by atoms with Gasteiger partial charge in [0.15, 0.2) is 4.67 Å². The molecular weight excluding hydrogens is 370 g/mol. The number of rotatable bonds is 6. The molecule has 1 heterocycles. The highest BCUT2D eigenvalue weighted by molar-refractivity contribution is 9.13. The molecule has 2 rings (SSSR count). The number of unbranched alkanes of at least 4 members (excludes halogenated alkanes) is 1. The Kier molecular flexibility index (Phi) is 5.52. The molecule has 0 aliphatic carbocycles. The van der Waals surface area contributed by atoms with E-state index in [4.69, 9.17) is 4.42 Å². The quantitative estimate of drug-likeness (QED) is 0.682. The highest BCUT2D eigenvalue weighted by Gasteiger charge is 2.05. The van der Waals surface area contributed by atoms with Gasteiger partial charge < -0.3 is 9.73 Å². The van der Waals surface area contributed by atoms with Gasteiger partial charge in [0, 0.05) is 5.69 Å². The summed E-state index contributed by atoms with van der Waals surface area (Å²) in [6.45, 7) is 2.90. The van der Waals surface area contributed by atoms with Crippen LogP contribution in [0.4, 0.5) is 5.69 Å². The minimum absolute atomic E-state index is 0.679. The lowest BCUT2D eigenvalue weighted by molar-refractivity contribution is 0.494. The molecule has 0 aliphatic heterocycles. The van der Waals surface area contributed by atoms with Crippen molar-refractivity contribution in [3.05, 3.63) is 50.8 Å². The minimum atomic E-state index is 0.679. The average Bonchev–Trinajstić information content (AvgIpc) is 2.74. The van der Waals surface area contributed by atoms with Crippen molar-refractivity contribution in [1.82, 2.24) is 0 Å². The largest absolute Gasteiger partial charge is 0.451 e. The van der Waals surface area contributed by atoms with Gasteiger partial charge in [-0.2, -0.15) is 0 Å². The fourth-order valence-corrected chi connectivity index (χ4v) is 2.50. The van der Waals surface area contributed by atoms with E-state index in [9.17, 15) is 0 Å². The SMILES string of the molecule is CCCCc1ccc(NCc2cc(Br)c(Br)o2)cc1. The van der Waals surface area contributed by atoms with Crippen molar-refractivity contribution in [3.8, 4) is 0 Å². The van der Waals surface area contributed by atoms with E-state index in [1.54, 1.807) is 0 Å². The summed E-state index contributed by atoms with van der Waals surface area (Å²) in [5.41, 5.74) is 2.51. The highest BCUT2D eigenvalue weighted by atomic mass is 79.9. The van der Waals surface area contributed by atoms with Crippen LogP contribution in [0, 0.1) is 0 Å². The molecular formula is C15H17Br2NO. The van der Waals surface area contributed by atoms with Gasteiger partial charge in [-0.1, -0.05) is 25.5 Å². The molecule has 0 radical (unpaired) electrons. The molecule has 0 amide bonds. The van der Waals surface area contributed by atoms with Gasteiger partial charge in [0.05, 0.1) is 11.0 Å². The van der Waals surface area contributed by atoms with E-state index >= 15 is 0 Å². The number of hydrogen-bond donors (Lipinski definition) is 1. The Labute approximate surface area is 130 Å². The normalized spacial score (nSPS) is 10.7. The second-order valence-corrected chi connectivity index (χ2v) is 6.06. The fraction of sp³-hybridized carbons (Fsp3) is 0.333. The van der Waals surface area contributed by atoms with Crippen LogP contribution in [0.25, 0.3) is 0 Å². The number of hydrogen-bond acceptors (Lipinski definition) is 2. The summed E-state index contributed by atoms with van der Waals surface area (Å²) in [5, 5.41) is 3.35. The Bertz CT molecular complexity index is 500. The third-order valence-electron chi connectivity index (χ3n) is 2.94. The smallest absolute Gasteiger partial charge is 0.183 e. The van der Waals surface area contributed by atoms with Gasteiger partial charge in [-0.05, 0) is 68.5 Å². The number of anilines is 1. The van der Waals surface area contributed by atoms with E-state index in [2.05, 4.69) is 68.4 Å². The van der Waals surface area contributed by atoms with E-state index in [-0.39, 0.29) is 0 Å². The van der Waals surface area contributed by atoms with Crippen LogP contribution in [0.5, 0.6) is 0 Å². The molecule has 0 spiro atoms. The van der Waals surface area contributed by atoms with Crippen LogP contribution in [0.15, 0.2) is 43.9 Å². The fourth-order valence-electron chi connectivity index (χ4n) is 1.84. The zero-order valence-corrected chi connectivity index (χ0v) is 14.1.